The second-order valence-electron chi connectivity index (χ2n) is 6.85. The highest BCUT2D eigenvalue weighted by molar-refractivity contribution is 5.91. The Morgan fingerprint density at radius 3 is 2.32 bits per heavy atom. The lowest BCUT2D eigenvalue weighted by Crippen LogP contribution is -2.58. The van der Waals surface area contributed by atoms with Crippen LogP contribution in [0, 0.1) is 0 Å². The Labute approximate surface area is 147 Å². The number of amides is 2. The second kappa shape index (κ2) is 7.55. The summed E-state index contributed by atoms with van der Waals surface area (Å²) in [5.74, 6) is -0.817. The molecule has 7 heteroatoms. The van der Waals surface area contributed by atoms with Gasteiger partial charge in [-0.1, -0.05) is 30.3 Å². The topological polar surface area (TPSA) is 84.9 Å². The van der Waals surface area contributed by atoms with Crippen LogP contribution in [0.15, 0.2) is 30.3 Å². The van der Waals surface area contributed by atoms with Gasteiger partial charge in [0.15, 0.2) is 0 Å². The number of nitrogens with one attached hydrogen (secondary N) is 1. The van der Waals surface area contributed by atoms with Crippen LogP contribution in [0.2, 0.25) is 0 Å². The van der Waals surface area contributed by atoms with E-state index in [9.17, 15) is 14.4 Å². The Bertz CT molecular complexity index is 639. The molecule has 1 heterocycles. The minimum atomic E-state index is -0.927. The average Bonchev–Trinajstić information content (AvgIpc) is 2.50. The number of carbonyl (C=O) groups is 3. The molecule has 0 spiro atoms. The second-order valence-corrected chi connectivity index (χ2v) is 6.85. The van der Waals surface area contributed by atoms with Crippen LogP contribution >= 0.6 is 0 Å². The Morgan fingerprint density at radius 1 is 1.20 bits per heavy atom. The average molecular weight is 348 g/mol. The molecule has 1 N–H and O–H groups in total. The molecule has 25 heavy (non-hydrogen) atoms. The molecule has 0 aromatic heterocycles. The molecule has 7 nitrogen and oxygen atoms in total. The number of rotatable bonds is 4. The van der Waals surface area contributed by atoms with Crippen molar-refractivity contribution in [2.24, 2.45) is 0 Å². The van der Waals surface area contributed by atoms with E-state index >= 15 is 0 Å². The van der Waals surface area contributed by atoms with Crippen LogP contribution in [0.4, 0.5) is 4.79 Å². The molecule has 1 aromatic rings. The van der Waals surface area contributed by atoms with Crippen molar-refractivity contribution in [2.45, 2.75) is 44.9 Å². The highest BCUT2D eigenvalue weighted by Crippen LogP contribution is 2.25. The molecule has 2 amide bonds. The van der Waals surface area contributed by atoms with Gasteiger partial charge in [-0.15, -0.1) is 0 Å². The van der Waals surface area contributed by atoms with Crippen molar-refractivity contribution in [1.82, 2.24) is 10.2 Å². The Kier molecular flexibility index (Phi) is 5.66. The fourth-order valence-electron chi connectivity index (χ4n) is 2.56. The van der Waals surface area contributed by atoms with Gasteiger partial charge in [0.05, 0.1) is 7.11 Å². The van der Waals surface area contributed by atoms with Crippen molar-refractivity contribution in [1.29, 1.82) is 0 Å². The fraction of sp³-hybridized carbons (Fsp3) is 0.500. The van der Waals surface area contributed by atoms with Gasteiger partial charge >= 0.3 is 12.1 Å². The number of hydrogen-bond acceptors (Lipinski definition) is 5. The maximum absolute atomic E-state index is 12.9. The summed E-state index contributed by atoms with van der Waals surface area (Å²) in [6, 6.07) is 7.33. The molecule has 1 aliphatic rings. The maximum Gasteiger partial charge on any atom is 0.408 e. The van der Waals surface area contributed by atoms with Crippen LogP contribution in [-0.4, -0.2) is 48.2 Å². The zero-order valence-corrected chi connectivity index (χ0v) is 14.9. The van der Waals surface area contributed by atoms with Crippen LogP contribution in [0.1, 0.15) is 38.8 Å². The van der Waals surface area contributed by atoms with Crippen LogP contribution in [0.25, 0.3) is 0 Å². The van der Waals surface area contributed by atoms with Crippen molar-refractivity contribution in [3.8, 4) is 0 Å². The van der Waals surface area contributed by atoms with E-state index in [0.29, 0.717) is 18.5 Å². The van der Waals surface area contributed by atoms with E-state index in [2.05, 4.69) is 5.32 Å². The van der Waals surface area contributed by atoms with Crippen molar-refractivity contribution in [3.63, 3.8) is 0 Å². The first-order valence-corrected chi connectivity index (χ1v) is 8.15. The molecule has 2 rings (SSSR count). The molecule has 0 unspecified atom stereocenters. The Morgan fingerprint density at radius 2 is 1.84 bits per heavy atom. The van der Waals surface area contributed by atoms with Crippen LogP contribution in [0.5, 0.6) is 0 Å². The summed E-state index contributed by atoms with van der Waals surface area (Å²) in [6.07, 6.45) is -0.142. The first-order chi connectivity index (χ1) is 11.7. The smallest absolute Gasteiger partial charge is 0.408 e. The molecule has 1 fully saturated rings. The molecule has 0 bridgehead atoms. The van der Waals surface area contributed by atoms with E-state index in [1.54, 1.807) is 45.0 Å². The zero-order valence-electron chi connectivity index (χ0n) is 14.9. The van der Waals surface area contributed by atoms with Gasteiger partial charge < -0.3 is 19.7 Å². The van der Waals surface area contributed by atoms with Crippen LogP contribution in [0.3, 0.4) is 0 Å². The number of alkyl carbamates (subject to hydrolysis) is 1. The van der Waals surface area contributed by atoms with Crippen LogP contribution < -0.4 is 5.32 Å². The lowest BCUT2D eigenvalue weighted by atomic mass is 9.98. The molecule has 1 saturated heterocycles. The zero-order chi connectivity index (χ0) is 18.6. The number of benzene rings is 1. The fourth-order valence-corrected chi connectivity index (χ4v) is 2.56. The first kappa shape index (κ1) is 18.8. The highest BCUT2D eigenvalue weighted by atomic mass is 16.6. The molecular formula is C18H24N2O5. The number of methoxy groups -OCH3 is 1. The highest BCUT2D eigenvalue weighted by Gasteiger charge is 2.42. The van der Waals surface area contributed by atoms with Crippen molar-refractivity contribution >= 4 is 18.0 Å². The lowest BCUT2D eigenvalue weighted by molar-refractivity contribution is -0.160. The quantitative estimate of drug-likeness (QED) is 0.842. The van der Waals surface area contributed by atoms with E-state index in [-0.39, 0.29) is 5.91 Å². The summed E-state index contributed by atoms with van der Waals surface area (Å²) in [7, 11) is 1.29. The Balaban J connectivity index is 2.19. The number of carbonyl (C=O) groups excluding carboxylic acids is 3. The third-order valence-corrected chi connectivity index (χ3v) is 3.82. The molecular weight excluding hydrogens is 324 g/mol. The van der Waals surface area contributed by atoms with Gasteiger partial charge in [-0.3, -0.25) is 4.79 Å². The largest absolute Gasteiger partial charge is 0.467 e. The minimum Gasteiger partial charge on any atom is -0.467 e. The Hall–Kier alpha value is -2.57. The summed E-state index contributed by atoms with van der Waals surface area (Å²) >= 11 is 0. The van der Waals surface area contributed by atoms with Gasteiger partial charge in [-0.2, -0.15) is 0 Å². The third kappa shape index (κ3) is 4.71. The van der Waals surface area contributed by atoms with Gasteiger partial charge in [0.1, 0.15) is 17.7 Å². The summed E-state index contributed by atoms with van der Waals surface area (Å²) in [6.45, 7) is 5.68. The van der Waals surface area contributed by atoms with E-state index < -0.39 is 29.7 Å². The SMILES string of the molecule is COC(=O)[C@@H]1CCN1C(=O)[C@H](NC(=O)OC(C)(C)C)c1ccccc1. The molecule has 136 valence electrons. The summed E-state index contributed by atoms with van der Waals surface area (Å²) in [5.41, 5.74) is -0.0615. The monoisotopic (exact) mass is 348 g/mol. The van der Waals surface area contributed by atoms with Gasteiger partial charge in [0.2, 0.25) is 0 Å². The number of ether oxygens (including phenoxy) is 2. The molecule has 0 saturated carbocycles. The van der Waals surface area contributed by atoms with E-state index in [0.717, 1.165) is 0 Å². The number of hydrogen-bond donors (Lipinski definition) is 1. The normalized spacial score (nSPS) is 17.9. The standard InChI is InChI=1S/C18H24N2O5/c1-18(2,3)25-17(23)19-14(12-8-6-5-7-9-12)15(21)20-11-10-13(20)16(22)24-4/h5-9,13-14H,10-11H2,1-4H3,(H,19,23)/t13-,14+/m0/s1. The predicted octanol–water partition coefficient (Wildman–Crippen LogP) is 2.03. The summed E-state index contributed by atoms with van der Waals surface area (Å²) < 4.78 is 9.98. The molecule has 1 aromatic carbocycles. The van der Waals surface area contributed by atoms with Crippen LogP contribution in [-0.2, 0) is 19.1 Å². The van der Waals surface area contributed by atoms with E-state index in [4.69, 9.17) is 9.47 Å². The van der Waals surface area contributed by atoms with Gasteiger partial charge in [-0.05, 0) is 32.8 Å². The summed E-state index contributed by atoms with van der Waals surface area (Å²) in [5, 5.41) is 2.61. The minimum absolute atomic E-state index is 0.362. The van der Waals surface area contributed by atoms with Crippen molar-refractivity contribution in [3.05, 3.63) is 35.9 Å². The summed E-state index contributed by atoms with van der Waals surface area (Å²) in [4.78, 5) is 38.2. The van der Waals surface area contributed by atoms with Crippen molar-refractivity contribution < 1.29 is 23.9 Å². The lowest BCUT2D eigenvalue weighted by Gasteiger charge is -2.40. The van der Waals surface area contributed by atoms with Gasteiger partial charge in [0.25, 0.3) is 5.91 Å². The van der Waals surface area contributed by atoms with Gasteiger partial charge in [-0.25, -0.2) is 9.59 Å². The number of esters is 1. The number of nitrogens with zero attached hydrogens (tertiary/aromatic N) is 1. The molecule has 0 aliphatic carbocycles. The molecule has 0 radical (unpaired) electrons. The maximum atomic E-state index is 12.9. The van der Waals surface area contributed by atoms with Crippen molar-refractivity contribution in [2.75, 3.05) is 13.7 Å². The van der Waals surface area contributed by atoms with E-state index in [1.807, 2.05) is 6.07 Å². The molecule has 1 aliphatic heterocycles. The predicted molar refractivity (Wildman–Crippen MR) is 90.7 cm³/mol. The van der Waals surface area contributed by atoms with Gasteiger partial charge in [0, 0.05) is 6.54 Å². The van der Waals surface area contributed by atoms with E-state index in [1.165, 1.54) is 12.0 Å². The third-order valence-electron chi connectivity index (χ3n) is 3.82. The molecule has 2 atom stereocenters. The first-order valence-electron chi connectivity index (χ1n) is 8.15. The number of likely N-dealkylation sites (tertiary alicyclic amines) is 1.